The van der Waals surface area contributed by atoms with Gasteiger partial charge in [0.2, 0.25) is 0 Å². The highest BCUT2D eigenvalue weighted by atomic mass is 16.3. The summed E-state index contributed by atoms with van der Waals surface area (Å²) in [7, 11) is 0. The number of fused-ring (bicyclic) bond motifs is 5. The molecule has 0 fully saturated rings. The highest BCUT2D eigenvalue weighted by Crippen LogP contribution is 2.44. The first-order chi connectivity index (χ1) is 29.7. The molecule has 60 heavy (non-hydrogen) atoms. The zero-order chi connectivity index (χ0) is 39.8. The van der Waals surface area contributed by atoms with Gasteiger partial charge in [-0.25, -0.2) is 15.0 Å². The van der Waals surface area contributed by atoms with Crippen molar-refractivity contribution in [2.75, 3.05) is 4.90 Å². The highest BCUT2D eigenvalue weighted by Gasteiger charge is 2.21. The molecule has 0 aliphatic heterocycles. The monoisotopic (exact) mass is 768 g/mol. The summed E-state index contributed by atoms with van der Waals surface area (Å²) >= 11 is 0. The molecule has 0 saturated carbocycles. The van der Waals surface area contributed by atoms with Gasteiger partial charge in [0.25, 0.3) is 0 Å². The van der Waals surface area contributed by atoms with Gasteiger partial charge in [-0.1, -0.05) is 170 Å². The largest absolute Gasteiger partial charge is 0.455 e. The lowest BCUT2D eigenvalue weighted by molar-refractivity contribution is 0.672. The topological polar surface area (TPSA) is 55.1 Å². The first kappa shape index (κ1) is 35.0. The fourth-order valence-electron chi connectivity index (χ4n) is 8.25. The molecular weight excluding hydrogens is 733 g/mol. The molecule has 282 valence electrons. The van der Waals surface area contributed by atoms with Gasteiger partial charge < -0.3 is 9.32 Å². The van der Waals surface area contributed by atoms with E-state index < -0.39 is 0 Å². The van der Waals surface area contributed by atoms with Crippen molar-refractivity contribution in [3.8, 4) is 56.4 Å². The average Bonchev–Trinajstić information content (AvgIpc) is 3.72. The molecule has 9 aromatic carbocycles. The zero-order valence-electron chi connectivity index (χ0n) is 32.5. The van der Waals surface area contributed by atoms with E-state index in [1.165, 1.54) is 11.1 Å². The molecule has 11 rings (SSSR count). The van der Waals surface area contributed by atoms with Crippen molar-refractivity contribution < 1.29 is 4.42 Å². The molecule has 0 aliphatic rings. The van der Waals surface area contributed by atoms with Crippen LogP contribution in [0.2, 0.25) is 0 Å². The number of rotatable bonds is 8. The summed E-state index contributed by atoms with van der Waals surface area (Å²) in [5.74, 6) is 1.83. The second-order valence-corrected chi connectivity index (χ2v) is 14.8. The quantitative estimate of drug-likeness (QED) is 0.154. The Kier molecular flexibility index (Phi) is 8.75. The van der Waals surface area contributed by atoms with Gasteiger partial charge in [-0.2, -0.15) is 0 Å². The van der Waals surface area contributed by atoms with E-state index in [4.69, 9.17) is 19.4 Å². The fourth-order valence-corrected chi connectivity index (χ4v) is 8.25. The molecule has 0 amide bonds. The van der Waals surface area contributed by atoms with E-state index in [1.54, 1.807) is 0 Å². The zero-order valence-corrected chi connectivity index (χ0v) is 32.5. The Morgan fingerprint density at radius 2 is 0.783 bits per heavy atom. The van der Waals surface area contributed by atoms with E-state index >= 15 is 0 Å². The van der Waals surface area contributed by atoms with E-state index in [9.17, 15) is 0 Å². The first-order valence-electron chi connectivity index (χ1n) is 20.1. The molecule has 0 atom stereocenters. The summed E-state index contributed by atoms with van der Waals surface area (Å²) in [4.78, 5) is 17.5. The molecule has 0 radical (unpaired) electrons. The SMILES string of the molecule is c1ccc(-c2ccc(N(c3ccccc3)c3ccc(-c4cc5c(oc6cccc(-c7nc(-c8ccccc8)nc(-c8ccccc8)n7)c65)c5ccccc45)cc3)cc2)cc1. The van der Waals surface area contributed by atoms with Crippen molar-refractivity contribution in [3.05, 3.63) is 218 Å². The van der Waals surface area contributed by atoms with Crippen LogP contribution in [0.1, 0.15) is 0 Å². The van der Waals surface area contributed by atoms with Crippen LogP contribution >= 0.6 is 0 Å². The second kappa shape index (κ2) is 15.0. The molecule has 0 N–H and O–H groups in total. The van der Waals surface area contributed by atoms with Crippen LogP contribution in [0.5, 0.6) is 0 Å². The van der Waals surface area contributed by atoms with Crippen LogP contribution < -0.4 is 4.90 Å². The van der Waals surface area contributed by atoms with Crippen molar-refractivity contribution in [2.24, 2.45) is 0 Å². The van der Waals surface area contributed by atoms with Crippen LogP contribution in [0, 0.1) is 0 Å². The molecule has 5 heteroatoms. The summed E-state index contributed by atoms with van der Waals surface area (Å²) in [5.41, 5.74) is 12.2. The molecule has 11 aromatic rings. The first-order valence-corrected chi connectivity index (χ1v) is 20.1. The standard InChI is InChI=1S/C55H36N4O/c1-5-16-37(17-6-1)38-28-32-43(33-29-38)59(42-22-11-4-12-23-42)44-34-30-39(31-35-44)48-36-49-51-47(26-15-27-50(51)60-52(49)46-25-14-13-24-45(46)48)55-57-53(40-18-7-2-8-19-40)56-54(58-55)41-20-9-3-10-21-41/h1-36H. The Morgan fingerprint density at radius 1 is 0.317 bits per heavy atom. The van der Waals surface area contributed by atoms with Gasteiger partial charge in [0.1, 0.15) is 11.2 Å². The van der Waals surface area contributed by atoms with Gasteiger partial charge in [-0.3, -0.25) is 0 Å². The summed E-state index contributed by atoms with van der Waals surface area (Å²) in [5, 5.41) is 4.14. The smallest absolute Gasteiger partial charge is 0.164 e. The number of aromatic nitrogens is 3. The van der Waals surface area contributed by atoms with Crippen molar-refractivity contribution in [1.82, 2.24) is 15.0 Å². The second-order valence-electron chi connectivity index (χ2n) is 14.8. The van der Waals surface area contributed by atoms with Gasteiger partial charge >= 0.3 is 0 Å². The fraction of sp³-hybridized carbons (Fsp3) is 0. The average molecular weight is 769 g/mol. The molecule has 5 nitrogen and oxygen atoms in total. The summed E-state index contributed by atoms with van der Waals surface area (Å²) in [6.07, 6.45) is 0. The summed E-state index contributed by atoms with van der Waals surface area (Å²) < 4.78 is 6.76. The number of benzene rings is 9. The Balaban J connectivity index is 1.05. The number of para-hydroxylation sites is 1. The van der Waals surface area contributed by atoms with E-state index in [0.29, 0.717) is 17.5 Å². The predicted molar refractivity (Wildman–Crippen MR) is 246 cm³/mol. The minimum absolute atomic E-state index is 0.591. The van der Waals surface area contributed by atoms with Crippen molar-refractivity contribution >= 4 is 49.8 Å². The van der Waals surface area contributed by atoms with Gasteiger partial charge in [-0.15, -0.1) is 0 Å². The molecule has 0 saturated heterocycles. The van der Waals surface area contributed by atoms with Crippen molar-refractivity contribution in [3.63, 3.8) is 0 Å². The van der Waals surface area contributed by atoms with Crippen LogP contribution in [0.25, 0.3) is 89.1 Å². The molecule has 0 spiro atoms. The third-order valence-electron chi connectivity index (χ3n) is 11.1. The number of hydrogen-bond acceptors (Lipinski definition) is 5. The number of hydrogen-bond donors (Lipinski definition) is 0. The Labute approximate surface area is 347 Å². The van der Waals surface area contributed by atoms with E-state index in [1.807, 2.05) is 72.8 Å². The van der Waals surface area contributed by atoms with Crippen LogP contribution in [-0.2, 0) is 0 Å². The molecule has 2 heterocycles. The molecule has 2 aromatic heterocycles. The summed E-state index contributed by atoms with van der Waals surface area (Å²) in [6, 6.07) is 75.8. The molecule has 0 unspecified atom stereocenters. The Morgan fingerprint density at radius 3 is 1.38 bits per heavy atom. The van der Waals surface area contributed by atoms with Gasteiger partial charge in [0.05, 0.1) is 0 Å². The lowest BCUT2D eigenvalue weighted by atomic mass is 9.94. The maximum Gasteiger partial charge on any atom is 0.164 e. The van der Waals surface area contributed by atoms with Crippen LogP contribution in [0.3, 0.4) is 0 Å². The maximum absolute atomic E-state index is 6.76. The van der Waals surface area contributed by atoms with Gasteiger partial charge in [0.15, 0.2) is 17.5 Å². The number of anilines is 3. The molecule has 0 bridgehead atoms. The third-order valence-corrected chi connectivity index (χ3v) is 11.1. The minimum Gasteiger partial charge on any atom is -0.455 e. The van der Waals surface area contributed by atoms with Crippen molar-refractivity contribution in [2.45, 2.75) is 0 Å². The van der Waals surface area contributed by atoms with Crippen LogP contribution in [0.4, 0.5) is 17.1 Å². The van der Waals surface area contributed by atoms with Crippen LogP contribution in [0.15, 0.2) is 223 Å². The minimum atomic E-state index is 0.591. The van der Waals surface area contributed by atoms with Crippen LogP contribution in [-0.4, -0.2) is 15.0 Å². The maximum atomic E-state index is 6.76. The van der Waals surface area contributed by atoms with Gasteiger partial charge in [-0.05, 0) is 76.2 Å². The third kappa shape index (κ3) is 6.35. The van der Waals surface area contributed by atoms with E-state index in [-0.39, 0.29) is 0 Å². The lowest BCUT2D eigenvalue weighted by Crippen LogP contribution is -2.09. The highest BCUT2D eigenvalue weighted by molar-refractivity contribution is 6.22. The van der Waals surface area contributed by atoms with E-state index in [0.717, 1.165) is 77.6 Å². The normalized spacial score (nSPS) is 11.3. The molecular formula is C55H36N4O. The van der Waals surface area contributed by atoms with E-state index in [2.05, 4.69) is 150 Å². The van der Waals surface area contributed by atoms with Crippen molar-refractivity contribution in [1.29, 1.82) is 0 Å². The summed E-state index contributed by atoms with van der Waals surface area (Å²) in [6.45, 7) is 0. The Hall–Kier alpha value is -8.15. The van der Waals surface area contributed by atoms with Gasteiger partial charge in [0, 0.05) is 49.9 Å². The lowest BCUT2D eigenvalue weighted by Gasteiger charge is -2.26. The number of nitrogens with zero attached hydrogens (tertiary/aromatic N) is 4. The molecule has 0 aliphatic carbocycles. The predicted octanol–water partition coefficient (Wildman–Crippen LogP) is 14.7. The Bertz CT molecular complexity index is 3220. The number of furan rings is 1.